The minimum atomic E-state index is -3.27. The Kier molecular flexibility index (Phi) is 6.53. The number of fused-ring (bicyclic) bond motifs is 4. The number of carbonyl (C=O) groups excluding carboxylic acids is 3. The van der Waals surface area contributed by atoms with Gasteiger partial charge in [0.25, 0.3) is 11.8 Å². The minimum absolute atomic E-state index is 0.0225. The highest BCUT2D eigenvalue weighted by molar-refractivity contribution is 6.01. The molecular formula is C25H24F5N5O3. The van der Waals surface area contributed by atoms with Gasteiger partial charge in [-0.15, -0.1) is 0 Å². The fourth-order valence-corrected chi connectivity index (χ4v) is 5.99. The molecule has 6 rings (SSSR count). The number of rotatable bonds is 5. The van der Waals surface area contributed by atoms with E-state index in [1.165, 1.54) is 0 Å². The van der Waals surface area contributed by atoms with Gasteiger partial charge in [-0.25, -0.2) is 22.0 Å². The van der Waals surface area contributed by atoms with E-state index in [4.69, 9.17) is 0 Å². The smallest absolute Gasteiger partial charge is 0.271 e. The number of aromatic nitrogens is 1. The Labute approximate surface area is 213 Å². The van der Waals surface area contributed by atoms with Crippen LogP contribution in [0.25, 0.3) is 10.9 Å². The van der Waals surface area contributed by atoms with Crippen molar-refractivity contribution in [3.8, 4) is 6.07 Å². The van der Waals surface area contributed by atoms with Crippen molar-refractivity contribution in [3.63, 3.8) is 0 Å². The van der Waals surface area contributed by atoms with Crippen LogP contribution in [0.3, 0.4) is 0 Å². The highest BCUT2D eigenvalue weighted by Crippen LogP contribution is 2.49. The van der Waals surface area contributed by atoms with E-state index in [9.17, 15) is 41.6 Å². The Morgan fingerprint density at radius 2 is 1.95 bits per heavy atom. The van der Waals surface area contributed by atoms with Crippen molar-refractivity contribution in [2.24, 2.45) is 11.8 Å². The first-order chi connectivity index (χ1) is 18.0. The maximum absolute atomic E-state index is 14.9. The van der Waals surface area contributed by atoms with Crippen molar-refractivity contribution in [2.45, 2.75) is 62.6 Å². The molecule has 202 valence electrons. The predicted octanol–water partition coefficient (Wildman–Crippen LogP) is 3.14. The van der Waals surface area contributed by atoms with E-state index in [0.29, 0.717) is 25.5 Å². The lowest BCUT2D eigenvalue weighted by Gasteiger charge is -2.53. The molecule has 3 saturated heterocycles. The van der Waals surface area contributed by atoms with Crippen molar-refractivity contribution in [3.05, 3.63) is 35.3 Å². The van der Waals surface area contributed by atoms with E-state index in [2.05, 4.69) is 15.6 Å². The number of nitriles is 1. The maximum Gasteiger partial charge on any atom is 0.271 e. The van der Waals surface area contributed by atoms with E-state index in [0.717, 1.165) is 11.0 Å². The van der Waals surface area contributed by atoms with Gasteiger partial charge >= 0.3 is 0 Å². The molecule has 1 saturated carbocycles. The monoisotopic (exact) mass is 537 g/mol. The molecule has 0 radical (unpaired) electrons. The Morgan fingerprint density at radius 1 is 1.18 bits per heavy atom. The summed E-state index contributed by atoms with van der Waals surface area (Å²) < 4.78 is 72.0. The largest absolute Gasteiger partial charge is 0.356 e. The molecule has 1 aromatic carbocycles. The molecule has 2 aromatic rings. The number of aromatic amines is 1. The molecule has 4 aliphatic rings. The normalized spacial score (nSPS) is 27.1. The Bertz CT molecular complexity index is 1360. The van der Waals surface area contributed by atoms with E-state index in [-0.39, 0.29) is 25.2 Å². The van der Waals surface area contributed by atoms with Gasteiger partial charge in [-0.05, 0) is 38.2 Å². The zero-order chi connectivity index (χ0) is 27.4. The summed E-state index contributed by atoms with van der Waals surface area (Å²) in [6.45, 7) is 0.504. The third kappa shape index (κ3) is 4.35. The van der Waals surface area contributed by atoms with Gasteiger partial charge in [0, 0.05) is 36.4 Å². The molecule has 13 heteroatoms. The van der Waals surface area contributed by atoms with Gasteiger partial charge in [0.2, 0.25) is 11.8 Å². The van der Waals surface area contributed by atoms with Crippen LogP contribution in [0.2, 0.25) is 0 Å². The average molecular weight is 537 g/mol. The van der Waals surface area contributed by atoms with Crippen LogP contribution >= 0.6 is 0 Å². The van der Waals surface area contributed by atoms with Crippen LogP contribution < -0.4 is 10.6 Å². The lowest BCUT2D eigenvalue weighted by Crippen LogP contribution is -2.68. The van der Waals surface area contributed by atoms with Crippen LogP contribution in [0.4, 0.5) is 22.0 Å². The first-order valence-electron chi connectivity index (χ1n) is 12.4. The molecule has 4 fully saturated rings. The van der Waals surface area contributed by atoms with Crippen molar-refractivity contribution in [2.75, 3.05) is 6.54 Å². The highest BCUT2D eigenvalue weighted by atomic mass is 19.3. The Morgan fingerprint density at radius 3 is 2.63 bits per heavy atom. The number of piperidine rings is 3. The summed E-state index contributed by atoms with van der Waals surface area (Å²) in [5.41, 5.74) is -0.998. The molecule has 5 atom stereocenters. The van der Waals surface area contributed by atoms with Crippen LogP contribution in [-0.4, -0.2) is 58.2 Å². The van der Waals surface area contributed by atoms with Crippen LogP contribution in [0.5, 0.6) is 0 Å². The zero-order valence-electron chi connectivity index (χ0n) is 20.0. The maximum atomic E-state index is 14.9. The van der Waals surface area contributed by atoms with Crippen LogP contribution in [0.1, 0.15) is 49.0 Å². The van der Waals surface area contributed by atoms with Gasteiger partial charge in [-0.3, -0.25) is 14.4 Å². The lowest BCUT2D eigenvalue weighted by atomic mass is 9.71. The van der Waals surface area contributed by atoms with E-state index >= 15 is 0 Å². The summed E-state index contributed by atoms with van der Waals surface area (Å²) in [5, 5.41) is 14.3. The third-order valence-corrected chi connectivity index (χ3v) is 7.82. The fourth-order valence-electron chi connectivity index (χ4n) is 5.99. The second kappa shape index (κ2) is 9.56. The Balaban J connectivity index is 1.44. The molecular weight excluding hydrogens is 513 g/mol. The summed E-state index contributed by atoms with van der Waals surface area (Å²) in [6.07, 6.45) is 0.601. The number of hydrogen-bond acceptors (Lipinski definition) is 4. The number of hydrogen-bond donors (Lipinski definition) is 3. The number of amides is 3. The molecule has 3 aliphatic heterocycles. The van der Waals surface area contributed by atoms with Gasteiger partial charge in [0.1, 0.15) is 23.6 Å². The fraction of sp³-hybridized carbons (Fsp3) is 0.520. The molecule has 3 amide bonds. The van der Waals surface area contributed by atoms with Crippen LogP contribution in [0, 0.1) is 40.6 Å². The molecule has 4 heterocycles. The van der Waals surface area contributed by atoms with Crippen molar-refractivity contribution in [1.29, 1.82) is 5.26 Å². The molecule has 3 N–H and O–H groups in total. The molecule has 0 spiro atoms. The number of halogens is 5. The topological polar surface area (TPSA) is 118 Å². The zero-order valence-corrected chi connectivity index (χ0v) is 20.0. The van der Waals surface area contributed by atoms with Crippen molar-refractivity contribution in [1.82, 2.24) is 20.5 Å². The molecule has 1 aliphatic carbocycles. The number of nitrogens with one attached hydrogen (secondary N) is 3. The van der Waals surface area contributed by atoms with Crippen LogP contribution in [-0.2, 0) is 9.59 Å². The predicted molar refractivity (Wildman–Crippen MR) is 122 cm³/mol. The summed E-state index contributed by atoms with van der Waals surface area (Å²) in [5.74, 6) is -11.6. The van der Waals surface area contributed by atoms with Gasteiger partial charge in [0.05, 0.1) is 17.5 Å². The van der Waals surface area contributed by atoms with Gasteiger partial charge in [-0.1, -0.05) is 0 Å². The number of carbonyl (C=O) groups is 3. The summed E-state index contributed by atoms with van der Waals surface area (Å²) >= 11 is 0. The number of nitrogens with zero attached hydrogens (tertiary/aromatic N) is 2. The third-order valence-electron chi connectivity index (χ3n) is 7.82. The molecule has 8 nitrogen and oxygen atoms in total. The second-order valence-electron chi connectivity index (χ2n) is 10.1. The molecule has 0 unspecified atom stereocenters. The highest BCUT2D eigenvalue weighted by Gasteiger charge is 2.60. The summed E-state index contributed by atoms with van der Waals surface area (Å²) in [6, 6.07) is -0.723. The van der Waals surface area contributed by atoms with Crippen LogP contribution in [0.15, 0.2) is 12.1 Å². The van der Waals surface area contributed by atoms with E-state index < -0.39 is 88.2 Å². The first-order valence-corrected chi connectivity index (χ1v) is 12.4. The quantitative estimate of drug-likeness (QED) is 0.401. The van der Waals surface area contributed by atoms with Crippen molar-refractivity contribution >= 4 is 28.6 Å². The SMILES string of the molecule is N#C[C@@H](C[C@@H]1CCCNC1=O)NC(=O)[C@@H]1[C@H]2CC[C@H](CC2(F)F)N1C(=O)c1cc2c(F)cc(F)c(F)c2[nH]1. The lowest BCUT2D eigenvalue weighted by molar-refractivity contribution is -0.179. The van der Waals surface area contributed by atoms with Gasteiger partial charge in [0.15, 0.2) is 11.6 Å². The van der Waals surface area contributed by atoms with Gasteiger partial charge in [-0.2, -0.15) is 5.26 Å². The van der Waals surface area contributed by atoms with Crippen molar-refractivity contribution < 1.29 is 36.3 Å². The minimum Gasteiger partial charge on any atom is -0.356 e. The Hall–Kier alpha value is -3.69. The summed E-state index contributed by atoms with van der Waals surface area (Å²) in [4.78, 5) is 42.3. The summed E-state index contributed by atoms with van der Waals surface area (Å²) in [7, 11) is 0. The standard InChI is InChI=1S/C25H24F5N5O3/c26-16-8-17(27)19(28)20-14(16)7-18(34-20)24(38)35-13-3-4-15(25(29,30)9-13)21(35)23(37)33-12(10-31)6-11-2-1-5-32-22(11)36/h7-8,11-13,15,21,34H,1-6,9H2,(H,32,36)(H,33,37)/t11-,12+,13+,15+,21-/m0/s1. The first kappa shape index (κ1) is 25.9. The number of alkyl halides is 2. The average Bonchev–Trinajstić information content (AvgIpc) is 3.33. The molecule has 2 bridgehead atoms. The van der Waals surface area contributed by atoms with Gasteiger partial charge < -0.3 is 20.5 Å². The molecule has 1 aromatic heterocycles. The number of benzene rings is 1. The number of H-pyrrole nitrogens is 1. The van der Waals surface area contributed by atoms with E-state index in [1.807, 2.05) is 6.07 Å². The van der Waals surface area contributed by atoms with E-state index in [1.54, 1.807) is 0 Å². The molecule has 38 heavy (non-hydrogen) atoms. The second-order valence-corrected chi connectivity index (χ2v) is 10.1.